The molecule has 7 rings (SSSR count). The van der Waals surface area contributed by atoms with Gasteiger partial charge in [-0.1, -0.05) is 25.8 Å². The lowest BCUT2D eigenvalue weighted by molar-refractivity contribution is 0.476. The Morgan fingerprint density at radius 1 is 1.15 bits per heavy atom. The van der Waals surface area contributed by atoms with Crippen LogP contribution in [-0.4, -0.2) is 46.6 Å². The minimum absolute atomic E-state index is 0.0221. The highest BCUT2D eigenvalue weighted by atomic mass is 19.1. The van der Waals surface area contributed by atoms with E-state index in [1.54, 1.807) is 0 Å². The predicted molar refractivity (Wildman–Crippen MR) is 151 cm³/mol. The van der Waals surface area contributed by atoms with Crippen molar-refractivity contribution in [2.45, 2.75) is 45.6 Å². The van der Waals surface area contributed by atoms with Crippen molar-refractivity contribution in [3.8, 4) is 29.4 Å². The van der Waals surface area contributed by atoms with Gasteiger partial charge < -0.3 is 15.3 Å². The lowest BCUT2D eigenvalue weighted by atomic mass is 9.95. The fourth-order valence-electron chi connectivity index (χ4n) is 6.20. The number of fused-ring (bicyclic) bond motifs is 3. The molecular weight excluding hydrogens is 496 g/mol. The number of hydrogen-bond acceptors (Lipinski definition) is 5. The van der Waals surface area contributed by atoms with Crippen LogP contribution in [0.25, 0.3) is 32.9 Å². The molecule has 39 heavy (non-hydrogen) atoms. The Balaban J connectivity index is 0.00000135. The maximum atomic E-state index is 16.8. The van der Waals surface area contributed by atoms with Crippen LogP contribution in [0.5, 0.6) is 5.75 Å². The number of terminal acetylenes is 1. The molecule has 2 atom stereocenters. The summed E-state index contributed by atoms with van der Waals surface area (Å²) in [5.74, 6) is 3.23. The molecule has 0 radical (unpaired) electrons. The quantitative estimate of drug-likeness (QED) is 0.312. The zero-order valence-electron chi connectivity index (χ0n) is 22.7. The highest BCUT2D eigenvalue weighted by Crippen LogP contribution is 2.58. The van der Waals surface area contributed by atoms with Gasteiger partial charge in [0.25, 0.3) is 0 Å². The van der Waals surface area contributed by atoms with E-state index in [-0.39, 0.29) is 28.6 Å². The van der Waals surface area contributed by atoms with Gasteiger partial charge in [-0.05, 0) is 68.3 Å². The van der Waals surface area contributed by atoms with E-state index in [0.29, 0.717) is 46.4 Å². The van der Waals surface area contributed by atoms with Crippen LogP contribution in [0.3, 0.4) is 0 Å². The first kappa shape index (κ1) is 25.6. The number of anilines is 1. The summed E-state index contributed by atoms with van der Waals surface area (Å²) in [5.41, 5.74) is 1.70. The summed E-state index contributed by atoms with van der Waals surface area (Å²) in [5, 5.41) is 20.7. The average Bonchev–Trinajstić information content (AvgIpc) is 3.82. The number of aromatic hydroxyl groups is 1. The van der Waals surface area contributed by atoms with Crippen molar-refractivity contribution in [2.24, 2.45) is 11.8 Å². The molecule has 3 aliphatic rings. The highest BCUT2D eigenvalue weighted by molar-refractivity contribution is 6.04. The van der Waals surface area contributed by atoms with Crippen molar-refractivity contribution in [1.82, 2.24) is 20.1 Å². The Labute approximate surface area is 227 Å². The fourth-order valence-corrected chi connectivity index (χ4v) is 6.20. The number of halogens is 2. The second kappa shape index (κ2) is 9.49. The Morgan fingerprint density at radius 2 is 1.87 bits per heavy atom. The van der Waals surface area contributed by atoms with Crippen molar-refractivity contribution >= 4 is 27.5 Å². The molecule has 8 heteroatoms. The molecule has 202 valence electrons. The molecule has 2 aliphatic carbocycles. The van der Waals surface area contributed by atoms with Gasteiger partial charge in [-0.2, -0.15) is 5.10 Å². The number of pyridine rings is 1. The van der Waals surface area contributed by atoms with Crippen LogP contribution in [0.4, 0.5) is 14.6 Å². The van der Waals surface area contributed by atoms with Crippen molar-refractivity contribution < 1.29 is 13.9 Å². The molecule has 2 aromatic carbocycles. The maximum absolute atomic E-state index is 16.8. The van der Waals surface area contributed by atoms with Crippen LogP contribution in [0, 0.1) is 35.8 Å². The van der Waals surface area contributed by atoms with E-state index >= 15 is 4.39 Å². The van der Waals surface area contributed by atoms with Gasteiger partial charge in [0.2, 0.25) is 0 Å². The summed E-state index contributed by atoms with van der Waals surface area (Å²) >= 11 is 0. The smallest absolute Gasteiger partial charge is 0.175 e. The van der Waals surface area contributed by atoms with Gasteiger partial charge in [-0.25, -0.2) is 13.8 Å². The second-order valence-corrected chi connectivity index (χ2v) is 10.6. The lowest BCUT2D eigenvalue weighted by Crippen LogP contribution is -2.19. The number of nitrogens with one attached hydrogen (secondary N) is 1. The van der Waals surface area contributed by atoms with Crippen LogP contribution in [0.1, 0.15) is 56.8 Å². The van der Waals surface area contributed by atoms with Crippen molar-refractivity contribution in [3.63, 3.8) is 0 Å². The molecule has 0 spiro atoms. The van der Waals surface area contributed by atoms with Gasteiger partial charge in [0.1, 0.15) is 28.6 Å². The summed E-state index contributed by atoms with van der Waals surface area (Å²) < 4.78 is 33.4. The SMILES string of the molecule is C#Cc1c(F)ccc2cc(O)cc(-c3nc(N(C)CC)c4c(C5C6CNCC65)nn(C5CC5)c4c3F)c12.CC. The van der Waals surface area contributed by atoms with Gasteiger partial charge in [0, 0.05) is 30.5 Å². The normalized spacial score (nSPS) is 21.4. The number of rotatable bonds is 5. The van der Waals surface area contributed by atoms with E-state index in [1.165, 1.54) is 24.3 Å². The number of nitrogens with zero attached hydrogens (tertiary/aromatic N) is 4. The van der Waals surface area contributed by atoms with E-state index in [2.05, 4.69) is 11.2 Å². The van der Waals surface area contributed by atoms with Crippen molar-refractivity contribution in [3.05, 3.63) is 47.2 Å². The van der Waals surface area contributed by atoms with Gasteiger partial charge in [0.05, 0.1) is 22.7 Å². The summed E-state index contributed by atoms with van der Waals surface area (Å²) in [6.07, 6.45) is 7.60. The van der Waals surface area contributed by atoms with Crippen LogP contribution in [0.2, 0.25) is 0 Å². The average molecular weight is 530 g/mol. The highest BCUT2D eigenvalue weighted by Gasteiger charge is 2.56. The largest absolute Gasteiger partial charge is 0.508 e. The van der Waals surface area contributed by atoms with Crippen LogP contribution >= 0.6 is 0 Å². The van der Waals surface area contributed by atoms with E-state index in [1.807, 2.05) is 37.4 Å². The van der Waals surface area contributed by atoms with Crippen LogP contribution < -0.4 is 10.2 Å². The second-order valence-electron chi connectivity index (χ2n) is 10.6. The molecule has 1 saturated heterocycles. The molecule has 4 aromatic rings. The summed E-state index contributed by atoms with van der Waals surface area (Å²) in [6.45, 7) is 8.59. The van der Waals surface area contributed by atoms with Crippen molar-refractivity contribution in [1.29, 1.82) is 0 Å². The molecule has 6 nitrogen and oxygen atoms in total. The Bertz CT molecular complexity index is 1640. The Hall–Kier alpha value is -3.70. The van der Waals surface area contributed by atoms with Crippen molar-refractivity contribution in [2.75, 3.05) is 31.6 Å². The zero-order valence-corrected chi connectivity index (χ0v) is 22.7. The maximum Gasteiger partial charge on any atom is 0.175 e. The monoisotopic (exact) mass is 529 g/mol. The summed E-state index contributed by atoms with van der Waals surface area (Å²) in [4.78, 5) is 6.87. The first-order valence-electron chi connectivity index (χ1n) is 13.9. The van der Waals surface area contributed by atoms with Crippen LogP contribution in [-0.2, 0) is 0 Å². The van der Waals surface area contributed by atoms with Gasteiger partial charge >= 0.3 is 0 Å². The number of phenolic OH excluding ortho intramolecular Hbond substituents is 1. The topological polar surface area (TPSA) is 66.2 Å². The molecule has 0 bridgehead atoms. The Morgan fingerprint density at radius 3 is 2.51 bits per heavy atom. The van der Waals surface area contributed by atoms with Gasteiger partial charge in [0.15, 0.2) is 5.82 Å². The number of phenols is 1. The molecule has 2 aromatic heterocycles. The van der Waals surface area contributed by atoms with E-state index < -0.39 is 11.6 Å². The summed E-state index contributed by atoms with van der Waals surface area (Å²) in [7, 11) is 1.93. The van der Waals surface area contributed by atoms with E-state index in [4.69, 9.17) is 16.5 Å². The number of aromatic nitrogens is 3. The molecule has 3 heterocycles. The zero-order chi connectivity index (χ0) is 27.6. The number of piperidine rings is 1. The standard InChI is InChI=1S/C29H27F2N5O.C2H6/c1-4-17-21(30)9-6-14-10-16(37)11-18(22(14)17)26-25(31)28-24(29(33-26)35(3)5-2)27(34-36(28)15-7-8-15)23-19-12-32-13-20(19)23;1-2/h1,6,9-11,15,19-20,23,32,37H,5,7-8,12-13H2,2-3H3;1-2H3. The number of benzene rings is 2. The first-order valence-corrected chi connectivity index (χ1v) is 13.9. The van der Waals surface area contributed by atoms with Gasteiger partial charge in [-0.3, -0.25) is 4.68 Å². The molecule has 0 amide bonds. The minimum atomic E-state index is -0.575. The number of hydrogen-bond donors (Lipinski definition) is 2. The lowest BCUT2D eigenvalue weighted by Gasteiger charge is -2.20. The first-order chi connectivity index (χ1) is 18.9. The van der Waals surface area contributed by atoms with E-state index in [9.17, 15) is 9.50 Å². The fraction of sp³-hybridized carbons (Fsp3) is 0.419. The third-order valence-electron chi connectivity index (χ3n) is 8.38. The molecule has 2 N–H and O–H groups in total. The molecular formula is C31H33F2N5O. The van der Waals surface area contributed by atoms with E-state index in [0.717, 1.165) is 37.0 Å². The predicted octanol–water partition coefficient (Wildman–Crippen LogP) is 5.97. The Kier molecular flexibility index (Phi) is 6.22. The minimum Gasteiger partial charge on any atom is -0.508 e. The third kappa shape index (κ3) is 3.86. The molecule has 2 unspecified atom stereocenters. The molecule has 1 aliphatic heterocycles. The molecule has 3 fully saturated rings. The van der Waals surface area contributed by atoms with Gasteiger partial charge in [-0.15, -0.1) is 6.42 Å². The summed E-state index contributed by atoms with van der Waals surface area (Å²) in [6, 6.07) is 5.88. The van der Waals surface area contributed by atoms with Crippen LogP contribution in [0.15, 0.2) is 24.3 Å². The third-order valence-corrected chi connectivity index (χ3v) is 8.38. The molecule has 2 saturated carbocycles.